The Hall–Kier alpha value is -3.68. The number of nitrogens with one attached hydrogen (secondary N) is 4. The summed E-state index contributed by atoms with van der Waals surface area (Å²) in [7, 11) is 0. The smallest absolute Gasteiger partial charge is 0.326 e. The van der Waals surface area contributed by atoms with Crippen molar-refractivity contribution in [2.75, 3.05) is 19.6 Å². The van der Waals surface area contributed by atoms with Gasteiger partial charge >= 0.3 is 5.97 Å². The van der Waals surface area contributed by atoms with E-state index >= 15 is 0 Å². The zero-order valence-corrected chi connectivity index (χ0v) is 16.3. The van der Waals surface area contributed by atoms with Crippen LogP contribution < -0.4 is 33.2 Å². The predicted octanol–water partition coefficient (Wildman–Crippen LogP) is -3.87. The number of aliphatic imine (C=N–C) groups is 1. The Labute approximate surface area is 172 Å². The van der Waals surface area contributed by atoms with Gasteiger partial charge in [-0.2, -0.15) is 0 Å². The first-order chi connectivity index (χ1) is 14.2. The molecule has 30 heavy (non-hydrogen) atoms. The van der Waals surface area contributed by atoms with Gasteiger partial charge in [-0.15, -0.1) is 0 Å². The SMILES string of the molecule is NCC(=O)NCC(=O)NC(Cc1cnc[nH]1)C(=O)NC(CCCN=C(N)N)C(=O)O. The second kappa shape index (κ2) is 12.7. The van der Waals surface area contributed by atoms with E-state index in [1.54, 1.807) is 0 Å². The summed E-state index contributed by atoms with van der Waals surface area (Å²) in [5, 5.41) is 16.5. The zero-order valence-electron chi connectivity index (χ0n) is 16.3. The Kier molecular flexibility index (Phi) is 10.3. The number of carbonyl (C=O) groups excluding carboxylic acids is 3. The number of amides is 3. The fourth-order valence-corrected chi connectivity index (χ4v) is 2.36. The molecule has 0 saturated carbocycles. The van der Waals surface area contributed by atoms with Crippen LogP contribution in [0.1, 0.15) is 18.5 Å². The molecule has 0 aliphatic heterocycles. The number of aliphatic carboxylic acids is 1. The summed E-state index contributed by atoms with van der Waals surface area (Å²) in [5.41, 5.74) is 16.1. The van der Waals surface area contributed by atoms with Crippen LogP contribution >= 0.6 is 0 Å². The number of carbonyl (C=O) groups is 4. The molecule has 1 aromatic rings. The molecule has 1 rings (SSSR count). The number of nitrogens with zero attached hydrogens (tertiary/aromatic N) is 2. The fourth-order valence-electron chi connectivity index (χ4n) is 2.36. The molecule has 0 fully saturated rings. The van der Waals surface area contributed by atoms with Gasteiger partial charge in [0.1, 0.15) is 12.1 Å². The van der Waals surface area contributed by atoms with Gasteiger partial charge in [0, 0.05) is 24.9 Å². The van der Waals surface area contributed by atoms with Crippen LogP contribution in [0.5, 0.6) is 0 Å². The van der Waals surface area contributed by atoms with E-state index in [4.69, 9.17) is 17.2 Å². The highest BCUT2D eigenvalue weighted by Gasteiger charge is 2.27. The third-order valence-electron chi connectivity index (χ3n) is 3.82. The largest absolute Gasteiger partial charge is 0.480 e. The Morgan fingerprint density at radius 1 is 1.17 bits per heavy atom. The molecule has 1 aromatic heterocycles. The van der Waals surface area contributed by atoms with Crippen LogP contribution in [0.2, 0.25) is 0 Å². The average molecular weight is 425 g/mol. The van der Waals surface area contributed by atoms with E-state index in [9.17, 15) is 24.3 Å². The van der Waals surface area contributed by atoms with Gasteiger partial charge in [0.2, 0.25) is 17.7 Å². The number of guanidine groups is 1. The molecule has 14 nitrogen and oxygen atoms in total. The Balaban J connectivity index is 2.76. The molecule has 11 N–H and O–H groups in total. The summed E-state index contributed by atoms with van der Waals surface area (Å²) < 4.78 is 0. The summed E-state index contributed by atoms with van der Waals surface area (Å²) in [6, 6.07) is -2.31. The molecule has 1 heterocycles. The van der Waals surface area contributed by atoms with E-state index in [2.05, 4.69) is 30.9 Å². The van der Waals surface area contributed by atoms with Crippen LogP contribution in [-0.2, 0) is 25.6 Å². The number of aromatic nitrogens is 2. The molecule has 0 saturated heterocycles. The topological polar surface area (TPSA) is 244 Å². The minimum absolute atomic E-state index is 0.0305. The van der Waals surface area contributed by atoms with Crippen molar-refractivity contribution in [1.29, 1.82) is 0 Å². The fraction of sp³-hybridized carbons (Fsp3) is 0.500. The molecule has 0 aliphatic rings. The number of carboxylic acids is 1. The minimum Gasteiger partial charge on any atom is -0.480 e. The molecule has 14 heteroatoms. The van der Waals surface area contributed by atoms with Gasteiger partial charge in [0.15, 0.2) is 5.96 Å². The van der Waals surface area contributed by atoms with Crippen molar-refractivity contribution in [3.63, 3.8) is 0 Å². The van der Waals surface area contributed by atoms with Crippen molar-refractivity contribution in [1.82, 2.24) is 25.9 Å². The molecule has 0 radical (unpaired) electrons. The highest BCUT2D eigenvalue weighted by molar-refractivity contribution is 5.92. The van der Waals surface area contributed by atoms with Crippen LogP contribution in [0.3, 0.4) is 0 Å². The number of hydrogen-bond acceptors (Lipinski definition) is 7. The number of nitrogens with two attached hydrogens (primary N) is 3. The van der Waals surface area contributed by atoms with Crippen LogP contribution in [0.15, 0.2) is 17.5 Å². The Bertz CT molecular complexity index is 746. The molecular weight excluding hydrogens is 398 g/mol. The number of aromatic amines is 1. The number of imidazole rings is 1. The maximum absolute atomic E-state index is 12.7. The van der Waals surface area contributed by atoms with Crippen molar-refractivity contribution >= 4 is 29.7 Å². The second-order valence-corrected chi connectivity index (χ2v) is 6.23. The first-order valence-electron chi connectivity index (χ1n) is 9.04. The van der Waals surface area contributed by atoms with Gasteiger partial charge in [0.05, 0.1) is 19.4 Å². The van der Waals surface area contributed by atoms with E-state index in [1.165, 1.54) is 12.5 Å². The van der Waals surface area contributed by atoms with Gasteiger partial charge < -0.3 is 43.2 Å². The Morgan fingerprint density at radius 2 is 1.90 bits per heavy atom. The van der Waals surface area contributed by atoms with E-state index in [0.717, 1.165) is 0 Å². The third kappa shape index (κ3) is 9.50. The van der Waals surface area contributed by atoms with E-state index in [1.807, 2.05) is 0 Å². The van der Waals surface area contributed by atoms with E-state index in [-0.39, 0.29) is 38.4 Å². The maximum Gasteiger partial charge on any atom is 0.326 e. The second-order valence-electron chi connectivity index (χ2n) is 6.23. The number of H-pyrrole nitrogens is 1. The third-order valence-corrected chi connectivity index (χ3v) is 3.82. The molecule has 0 spiro atoms. The van der Waals surface area contributed by atoms with Crippen molar-refractivity contribution < 1.29 is 24.3 Å². The number of hydrogen-bond donors (Lipinski definition) is 8. The van der Waals surface area contributed by atoms with Crippen LogP contribution in [0.4, 0.5) is 0 Å². The van der Waals surface area contributed by atoms with Crippen molar-refractivity contribution in [3.8, 4) is 0 Å². The lowest BCUT2D eigenvalue weighted by Gasteiger charge is -2.21. The summed E-state index contributed by atoms with van der Waals surface area (Å²) in [5.74, 6) is -3.25. The zero-order chi connectivity index (χ0) is 22.5. The van der Waals surface area contributed by atoms with Gasteiger partial charge in [-0.3, -0.25) is 19.4 Å². The normalized spacial score (nSPS) is 12.3. The molecule has 0 bridgehead atoms. The molecule has 0 aliphatic carbocycles. The lowest BCUT2D eigenvalue weighted by atomic mass is 10.1. The van der Waals surface area contributed by atoms with Crippen molar-refractivity contribution in [3.05, 3.63) is 18.2 Å². The van der Waals surface area contributed by atoms with Gasteiger partial charge in [-0.05, 0) is 12.8 Å². The molecular formula is C16H27N9O5. The summed E-state index contributed by atoms with van der Waals surface area (Å²) in [6.45, 7) is -0.466. The minimum atomic E-state index is -1.24. The number of rotatable bonds is 13. The average Bonchev–Trinajstić information content (AvgIpc) is 3.20. The lowest BCUT2D eigenvalue weighted by Crippen LogP contribution is -2.54. The molecule has 2 unspecified atom stereocenters. The van der Waals surface area contributed by atoms with Gasteiger partial charge in [0.25, 0.3) is 0 Å². The quantitative estimate of drug-likeness (QED) is 0.0873. The van der Waals surface area contributed by atoms with Crippen LogP contribution in [0.25, 0.3) is 0 Å². The molecule has 3 amide bonds. The summed E-state index contributed by atoms with van der Waals surface area (Å²) >= 11 is 0. The highest BCUT2D eigenvalue weighted by Crippen LogP contribution is 2.03. The summed E-state index contributed by atoms with van der Waals surface area (Å²) in [4.78, 5) is 57.8. The summed E-state index contributed by atoms with van der Waals surface area (Å²) in [6.07, 6.45) is 3.29. The first-order valence-corrected chi connectivity index (χ1v) is 9.04. The van der Waals surface area contributed by atoms with Crippen molar-refractivity contribution in [2.24, 2.45) is 22.2 Å². The predicted molar refractivity (Wildman–Crippen MR) is 106 cm³/mol. The molecule has 0 aromatic carbocycles. The van der Waals surface area contributed by atoms with Gasteiger partial charge in [-0.1, -0.05) is 0 Å². The highest BCUT2D eigenvalue weighted by atomic mass is 16.4. The number of carboxylic acid groups (broad SMARTS) is 1. The molecule has 166 valence electrons. The first kappa shape index (κ1) is 24.4. The Morgan fingerprint density at radius 3 is 2.47 bits per heavy atom. The van der Waals surface area contributed by atoms with Crippen molar-refractivity contribution in [2.45, 2.75) is 31.3 Å². The van der Waals surface area contributed by atoms with E-state index in [0.29, 0.717) is 12.1 Å². The molecule has 2 atom stereocenters. The maximum atomic E-state index is 12.7. The standard InChI is InChI=1S/C16H27N9O5/c17-5-12(26)22-7-13(27)24-11(4-9-6-20-8-23-9)14(28)25-10(15(29)30)2-1-3-21-16(18)19/h6,8,10-11H,1-5,7,17H2,(H,20,23)(H,22,26)(H,24,27)(H,25,28)(H,29,30)(H4,18,19,21). The van der Waals surface area contributed by atoms with Gasteiger partial charge in [-0.25, -0.2) is 9.78 Å². The monoisotopic (exact) mass is 425 g/mol. The van der Waals surface area contributed by atoms with Crippen LogP contribution in [-0.4, -0.2) is 76.4 Å². The van der Waals surface area contributed by atoms with E-state index < -0.39 is 35.8 Å². The van der Waals surface area contributed by atoms with Crippen LogP contribution in [0, 0.1) is 0 Å². The lowest BCUT2D eigenvalue weighted by molar-refractivity contribution is -0.142.